The summed E-state index contributed by atoms with van der Waals surface area (Å²) >= 11 is 2.54. The van der Waals surface area contributed by atoms with Gasteiger partial charge in [-0.2, -0.15) is 0 Å². The summed E-state index contributed by atoms with van der Waals surface area (Å²) in [6.45, 7) is 4.75. The Hall–Kier alpha value is -5.00. The maximum Gasteiger partial charge on any atom is 0.301 e. The van der Waals surface area contributed by atoms with Gasteiger partial charge >= 0.3 is 5.91 Å². The van der Waals surface area contributed by atoms with E-state index in [4.69, 9.17) is 9.47 Å². The Morgan fingerprint density at radius 2 is 1.62 bits per heavy atom. The predicted octanol–water partition coefficient (Wildman–Crippen LogP) is 7.88. The van der Waals surface area contributed by atoms with Crippen molar-refractivity contribution in [2.24, 2.45) is 0 Å². The van der Waals surface area contributed by atoms with Crippen LogP contribution >= 0.6 is 23.1 Å². The zero-order chi connectivity index (χ0) is 32.9. The number of hydrogen-bond acceptors (Lipinski definition) is 9. The Labute approximate surface area is 279 Å². The average Bonchev–Trinajstić information content (AvgIpc) is 3.65. The van der Waals surface area contributed by atoms with Crippen LogP contribution in [-0.2, 0) is 21.9 Å². The van der Waals surface area contributed by atoms with Gasteiger partial charge in [0.05, 0.1) is 18.2 Å². The van der Waals surface area contributed by atoms with Gasteiger partial charge in [0.1, 0.15) is 29.7 Å². The first-order valence-electron chi connectivity index (χ1n) is 14.8. The van der Waals surface area contributed by atoms with Crippen LogP contribution in [0.5, 0.6) is 11.5 Å². The molecule has 1 saturated heterocycles. The maximum absolute atomic E-state index is 13.6. The Morgan fingerprint density at radius 1 is 0.915 bits per heavy atom. The van der Waals surface area contributed by atoms with E-state index >= 15 is 0 Å². The minimum atomic E-state index is -0.967. The fourth-order valence-corrected chi connectivity index (χ4v) is 7.00. The van der Waals surface area contributed by atoms with E-state index in [0.29, 0.717) is 45.9 Å². The monoisotopic (exact) mass is 667 g/mol. The molecule has 8 nitrogen and oxygen atoms in total. The van der Waals surface area contributed by atoms with E-state index in [0.717, 1.165) is 28.0 Å². The second kappa shape index (κ2) is 14.2. The van der Waals surface area contributed by atoms with Crippen LogP contribution in [0.15, 0.2) is 107 Å². The van der Waals surface area contributed by atoms with Crippen LogP contribution in [0.25, 0.3) is 5.76 Å². The second-order valence-corrected chi connectivity index (χ2v) is 12.9. The summed E-state index contributed by atoms with van der Waals surface area (Å²) in [4.78, 5) is 28.5. The standard InChI is InChI=1S/C36H30FN3O5S2/c1-3-44-28-15-9-25(10-16-28)31-30(32(41)26-11-17-29(18-12-26)45-20-24-6-4-5-22(2)19-24)33(42)34(43)40(31)35-38-39-36(47-35)46-21-23-7-13-27(37)14-8-23/h4-19,31,41H,3,20-21H2,1-2H3/b32-30+. The molecule has 1 aromatic heterocycles. The highest BCUT2D eigenvalue weighted by molar-refractivity contribution is 8.00. The van der Waals surface area contributed by atoms with Crippen LogP contribution in [0.4, 0.5) is 9.52 Å². The molecule has 0 saturated carbocycles. The summed E-state index contributed by atoms with van der Waals surface area (Å²) in [6.07, 6.45) is 0. The van der Waals surface area contributed by atoms with Crippen molar-refractivity contribution in [2.45, 2.75) is 36.6 Å². The van der Waals surface area contributed by atoms with Gasteiger partial charge in [-0.05, 0) is 79.1 Å². The van der Waals surface area contributed by atoms with Crippen molar-refractivity contribution in [3.05, 3.63) is 136 Å². The van der Waals surface area contributed by atoms with Gasteiger partial charge in [-0.15, -0.1) is 10.2 Å². The first-order valence-corrected chi connectivity index (χ1v) is 16.6. The van der Waals surface area contributed by atoms with Crippen LogP contribution in [0.3, 0.4) is 0 Å². The van der Waals surface area contributed by atoms with Gasteiger partial charge in [-0.3, -0.25) is 14.5 Å². The molecule has 11 heteroatoms. The fourth-order valence-electron chi connectivity index (χ4n) is 5.18. The fraction of sp³-hybridized carbons (Fsp3) is 0.167. The average molecular weight is 668 g/mol. The number of anilines is 1. The number of aliphatic hydroxyl groups is 1. The SMILES string of the molecule is CCOc1ccc(C2/C(=C(\O)c3ccc(OCc4cccc(C)c4)cc3)C(=O)C(=O)N2c2nnc(SCc3ccc(F)cc3)s2)cc1. The third-order valence-corrected chi connectivity index (χ3v) is 9.57. The molecule has 0 radical (unpaired) electrons. The lowest BCUT2D eigenvalue weighted by Gasteiger charge is -2.22. The zero-order valence-electron chi connectivity index (χ0n) is 25.6. The summed E-state index contributed by atoms with van der Waals surface area (Å²) in [7, 11) is 0. The number of rotatable bonds is 11. The van der Waals surface area contributed by atoms with Crippen LogP contribution in [0, 0.1) is 12.7 Å². The number of hydrogen-bond donors (Lipinski definition) is 1. The quantitative estimate of drug-likeness (QED) is 0.0499. The molecule has 1 fully saturated rings. The number of halogens is 1. The van der Waals surface area contributed by atoms with Gasteiger partial charge in [0.2, 0.25) is 5.13 Å². The lowest BCUT2D eigenvalue weighted by molar-refractivity contribution is -0.132. The number of carbonyl (C=O) groups is 2. The molecule has 238 valence electrons. The number of thioether (sulfide) groups is 1. The highest BCUT2D eigenvalue weighted by Gasteiger charge is 2.48. The Morgan fingerprint density at radius 3 is 2.32 bits per heavy atom. The molecular formula is C36H30FN3O5S2. The normalized spacial score (nSPS) is 15.6. The largest absolute Gasteiger partial charge is 0.507 e. The van der Waals surface area contributed by atoms with Crippen molar-refractivity contribution in [1.29, 1.82) is 0 Å². The number of ether oxygens (including phenoxy) is 2. The van der Waals surface area contributed by atoms with Crippen molar-refractivity contribution < 1.29 is 28.6 Å². The van der Waals surface area contributed by atoms with E-state index in [1.54, 1.807) is 60.7 Å². The van der Waals surface area contributed by atoms with Crippen LogP contribution in [-0.4, -0.2) is 33.6 Å². The molecule has 1 amide bonds. The van der Waals surface area contributed by atoms with Crippen LogP contribution in [0.2, 0.25) is 0 Å². The van der Waals surface area contributed by atoms with Gasteiger partial charge in [-0.25, -0.2) is 4.39 Å². The predicted molar refractivity (Wildman–Crippen MR) is 180 cm³/mol. The van der Waals surface area contributed by atoms with Crippen molar-refractivity contribution in [2.75, 3.05) is 11.5 Å². The lowest BCUT2D eigenvalue weighted by atomic mass is 9.95. The number of aromatic nitrogens is 2. The molecule has 6 rings (SSSR count). The molecule has 47 heavy (non-hydrogen) atoms. The van der Waals surface area contributed by atoms with E-state index in [1.807, 2.05) is 38.1 Å². The molecule has 0 spiro atoms. The Kier molecular flexibility index (Phi) is 9.65. The summed E-state index contributed by atoms with van der Waals surface area (Å²) < 4.78 is 25.4. The van der Waals surface area contributed by atoms with E-state index in [1.165, 1.54) is 28.8 Å². The number of aryl methyl sites for hydroxylation is 1. The number of nitrogens with zero attached hydrogens (tertiary/aromatic N) is 3. The topological polar surface area (TPSA) is 102 Å². The van der Waals surface area contributed by atoms with Crippen molar-refractivity contribution >= 4 is 45.7 Å². The molecule has 1 N–H and O–H groups in total. The third kappa shape index (κ3) is 7.21. The Bertz CT molecular complexity index is 1930. The van der Waals surface area contributed by atoms with E-state index in [-0.39, 0.29) is 22.3 Å². The lowest BCUT2D eigenvalue weighted by Crippen LogP contribution is -2.29. The summed E-state index contributed by atoms with van der Waals surface area (Å²) in [5.41, 5.74) is 3.94. The van der Waals surface area contributed by atoms with Crippen molar-refractivity contribution in [1.82, 2.24) is 10.2 Å². The van der Waals surface area contributed by atoms with E-state index in [2.05, 4.69) is 10.2 Å². The van der Waals surface area contributed by atoms with E-state index in [9.17, 15) is 19.1 Å². The van der Waals surface area contributed by atoms with Crippen LogP contribution < -0.4 is 14.4 Å². The van der Waals surface area contributed by atoms with Gasteiger partial charge < -0.3 is 14.6 Å². The smallest absolute Gasteiger partial charge is 0.301 e. The van der Waals surface area contributed by atoms with Gasteiger partial charge in [0.15, 0.2) is 4.34 Å². The summed E-state index contributed by atoms with van der Waals surface area (Å²) in [5, 5.41) is 20.3. The van der Waals surface area contributed by atoms with Crippen molar-refractivity contribution in [3.8, 4) is 11.5 Å². The molecule has 4 aromatic carbocycles. The minimum absolute atomic E-state index is 0.0664. The number of aliphatic hydroxyl groups excluding tert-OH is 1. The number of Topliss-reactive ketones (excluding diaryl/α,β-unsaturated/α-hetero) is 1. The van der Waals surface area contributed by atoms with Crippen molar-refractivity contribution in [3.63, 3.8) is 0 Å². The summed E-state index contributed by atoms with van der Waals surface area (Å²) in [5.74, 6) is -0.558. The number of carbonyl (C=O) groups excluding carboxylic acids is 2. The highest BCUT2D eigenvalue weighted by atomic mass is 32.2. The molecule has 0 aliphatic carbocycles. The second-order valence-electron chi connectivity index (χ2n) is 10.7. The van der Waals surface area contributed by atoms with Gasteiger partial charge in [0, 0.05) is 11.3 Å². The molecule has 2 heterocycles. The van der Waals surface area contributed by atoms with E-state index < -0.39 is 17.7 Å². The summed E-state index contributed by atoms with van der Waals surface area (Å²) in [6, 6.07) is 27.0. The molecule has 1 unspecified atom stereocenters. The molecule has 5 aromatic rings. The molecule has 0 bridgehead atoms. The number of amides is 1. The zero-order valence-corrected chi connectivity index (χ0v) is 27.2. The first kappa shape index (κ1) is 32.0. The third-order valence-electron chi connectivity index (χ3n) is 7.44. The first-order chi connectivity index (χ1) is 22.8. The van der Waals surface area contributed by atoms with Crippen LogP contribution in [0.1, 0.15) is 40.8 Å². The molecule has 1 atom stereocenters. The number of ketones is 1. The maximum atomic E-state index is 13.6. The van der Waals surface area contributed by atoms with Gasteiger partial charge in [0.25, 0.3) is 5.78 Å². The minimum Gasteiger partial charge on any atom is -0.507 e. The highest BCUT2D eigenvalue weighted by Crippen LogP contribution is 2.44. The Balaban J connectivity index is 1.30. The van der Waals surface area contributed by atoms with Gasteiger partial charge in [-0.1, -0.05) is 77.2 Å². The molecule has 1 aliphatic heterocycles. The number of benzene rings is 4. The molecular weight excluding hydrogens is 638 g/mol. The molecule has 1 aliphatic rings.